The third-order valence-corrected chi connectivity index (χ3v) is 6.50. The number of aliphatic hydroxyl groups excluding tert-OH is 1. The number of carbonyl (C=O) groups is 4. The van der Waals surface area contributed by atoms with Crippen LogP contribution in [-0.2, 0) is 32.0 Å². The number of phenols is 1. The van der Waals surface area contributed by atoms with Gasteiger partial charge in [-0.2, -0.15) is 0 Å². The number of hydrogen-bond acceptors (Lipinski definition) is 7. The number of benzene rings is 2. The molecule has 1 aromatic heterocycles. The number of aromatic hydroxyl groups is 1. The third kappa shape index (κ3) is 7.80. The van der Waals surface area contributed by atoms with Gasteiger partial charge in [-0.3, -0.25) is 14.4 Å². The summed E-state index contributed by atoms with van der Waals surface area (Å²) in [6, 6.07) is 8.84. The summed E-state index contributed by atoms with van der Waals surface area (Å²) in [6.07, 6.45) is 2.01. The summed E-state index contributed by atoms with van der Waals surface area (Å²) in [5, 5.41) is 36.4. The van der Waals surface area contributed by atoms with Gasteiger partial charge in [0.2, 0.25) is 17.7 Å². The fourth-order valence-electron chi connectivity index (χ4n) is 4.22. The van der Waals surface area contributed by atoms with Crippen molar-refractivity contribution in [3.63, 3.8) is 0 Å². The number of aromatic amines is 1. The Morgan fingerprint density at radius 1 is 0.875 bits per heavy atom. The van der Waals surface area contributed by atoms with Crippen molar-refractivity contribution in [2.75, 3.05) is 6.61 Å². The van der Waals surface area contributed by atoms with Crippen LogP contribution in [0.1, 0.15) is 25.0 Å². The predicted molar refractivity (Wildman–Crippen MR) is 147 cm³/mol. The van der Waals surface area contributed by atoms with Crippen LogP contribution in [0.5, 0.6) is 5.75 Å². The molecule has 3 aromatic rings. The van der Waals surface area contributed by atoms with Gasteiger partial charge in [0.05, 0.1) is 12.6 Å². The monoisotopic (exact) mass is 553 g/mol. The van der Waals surface area contributed by atoms with Gasteiger partial charge in [-0.25, -0.2) is 4.79 Å². The second-order valence-corrected chi connectivity index (χ2v) is 9.91. The van der Waals surface area contributed by atoms with Crippen molar-refractivity contribution in [1.82, 2.24) is 20.9 Å². The molecule has 3 amide bonds. The molecule has 4 unspecified atom stereocenters. The highest BCUT2D eigenvalue weighted by Crippen LogP contribution is 2.19. The van der Waals surface area contributed by atoms with Crippen molar-refractivity contribution < 1.29 is 34.5 Å². The van der Waals surface area contributed by atoms with Crippen molar-refractivity contribution in [1.29, 1.82) is 0 Å². The van der Waals surface area contributed by atoms with E-state index in [0.29, 0.717) is 5.56 Å². The minimum Gasteiger partial charge on any atom is -0.508 e. The van der Waals surface area contributed by atoms with Gasteiger partial charge in [0, 0.05) is 23.5 Å². The number of aromatic nitrogens is 1. The van der Waals surface area contributed by atoms with E-state index in [4.69, 9.17) is 10.8 Å². The van der Waals surface area contributed by atoms with Crippen LogP contribution < -0.4 is 21.7 Å². The summed E-state index contributed by atoms with van der Waals surface area (Å²) in [7, 11) is 0. The predicted octanol–water partition coefficient (Wildman–Crippen LogP) is 0.173. The number of H-pyrrole nitrogens is 1. The molecule has 12 nitrogen and oxygen atoms in total. The van der Waals surface area contributed by atoms with Gasteiger partial charge in [-0.15, -0.1) is 0 Å². The maximum atomic E-state index is 13.4. The first-order valence-electron chi connectivity index (χ1n) is 12.8. The number of carboxylic acids is 1. The van der Waals surface area contributed by atoms with E-state index in [1.165, 1.54) is 12.1 Å². The number of nitrogens with two attached hydrogens (primary N) is 1. The van der Waals surface area contributed by atoms with Gasteiger partial charge < -0.3 is 42.0 Å². The SMILES string of the molecule is CC(C)C(NC(=O)C(Cc1ccc(O)cc1)NC(=O)C(N)Cc1c[nH]c2ccccc12)C(=O)NC(CO)C(=O)O. The fourth-order valence-corrected chi connectivity index (χ4v) is 4.22. The lowest BCUT2D eigenvalue weighted by atomic mass is 10.00. The number of fused-ring (bicyclic) bond motifs is 1. The second kappa shape index (κ2) is 13.6. The molecular formula is C28H35N5O7. The average Bonchev–Trinajstić information content (AvgIpc) is 3.33. The zero-order chi connectivity index (χ0) is 29.4. The van der Waals surface area contributed by atoms with Crippen LogP contribution in [0.3, 0.4) is 0 Å². The summed E-state index contributed by atoms with van der Waals surface area (Å²) in [5.74, 6) is -3.91. The topological polar surface area (TPSA) is 207 Å². The van der Waals surface area contributed by atoms with E-state index in [1.807, 2.05) is 24.3 Å². The van der Waals surface area contributed by atoms with E-state index in [0.717, 1.165) is 16.5 Å². The average molecular weight is 554 g/mol. The molecule has 2 aromatic carbocycles. The molecule has 0 saturated carbocycles. The van der Waals surface area contributed by atoms with Crippen LogP contribution >= 0.6 is 0 Å². The molecule has 3 rings (SSSR count). The summed E-state index contributed by atoms with van der Waals surface area (Å²) in [5.41, 5.74) is 8.59. The van der Waals surface area contributed by atoms with E-state index in [2.05, 4.69) is 20.9 Å². The molecule has 0 aliphatic rings. The van der Waals surface area contributed by atoms with Crippen LogP contribution in [0.4, 0.5) is 0 Å². The number of aliphatic hydroxyl groups is 1. The lowest BCUT2D eigenvalue weighted by Crippen LogP contribution is -2.59. The Balaban J connectivity index is 1.77. The van der Waals surface area contributed by atoms with Crippen molar-refractivity contribution in [2.24, 2.45) is 11.7 Å². The molecule has 4 atom stereocenters. The molecule has 0 fully saturated rings. The summed E-state index contributed by atoms with van der Waals surface area (Å²) < 4.78 is 0. The molecule has 40 heavy (non-hydrogen) atoms. The van der Waals surface area contributed by atoms with E-state index >= 15 is 0 Å². The third-order valence-electron chi connectivity index (χ3n) is 6.50. The Hall–Kier alpha value is -4.42. The first-order valence-corrected chi connectivity index (χ1v) is 12.8. The first kappa shape index (κ1) is 30.1. The maximum absolute atomic E-state index is 13.4. The molecular weight excluding hydrogens is 518 g/mol. The van der Waals surface area contributed by atoms with Crippen molar-refractivity contribution >= 4 is 34.6 Å². The highest BCUT2D eigenvalue weighted by molar-refractivity contribution is 5.94. The molecule has 0 spiro atoms. The minimum atomic E-state index is -1.54. The van der Waals surface area contributed by atoms with Crippen molar-refractivity contribution in [2.45, 2.75) is 50.9 Å². The van der Waals surface area contributed by atoms with Crippen LogP contribution in [0.2, 0.25) is 0 Å². The molecule has 1 heterocycles. The number of carbonyl (C=O) groups excluding carboxylic acids is 3. The van der Waals surface area contributed by atoms with Crippen LogP contribution in [0, 0.1) is 5.92 Å². The van der Waals surface area contributed by atoms with Gasteiger partial charge in [0.25, 0.3) is 0 Å². The van der Waals surface area contributed by atoms with Gasteiger partial charge in [0.1, 0.15) is 23.9 Å². The number of amides is 3. The number of hydrogen-bond donors (Lipinski definition) is 8. The largest absolute Gasteiger partial charge is 0.508 e. The fraction of sp³-hybridized carbons (Fsp3) is 0.357. The first-order chi connectivity index (χ1) is 19.0. The van der Waals surface area contributed by atoms with Gasteiger partial charge in [0.15, 0.2) is 0 Å². The highest BCUT2D eigenvalue weighted by atomic mass is 16.4. The van der Waals surface area contributed by atoms with E-state index in [1.54, 1.807) is 32.2 Å². The molecule has 9 N–H and O–H groups in total. The number of para-hydroxylation sites is 1. The van der Waals surface area contributed by atoms with Crippen LogP contribution in [-0.4, -0.2) is 74.8 Å². The van der Waals surface area contributed by atoms with E-state index in [-0.39, 0.29) is 18.6 Å². The Kier molecular flexibility index (Phi) is 10.2. The molecule has 0 aliphatic carbocycles. The standard InChI is InChI=1S/C28H35N5O7/c1-15(2)24(27(38)32-23(14-34)28(39)40)33-26(37)22(11-16-7-9-18(35)10-8-16)31-25(36)20(29)12-17-13-30-21-6-4-3-5-19(17)21/h3-10,13,15,20,22-24,30,34-35H,11-12,14,29H2,1-2H3,(H,31,36)(H,32,38)(H,33,37)(H,39,40). The Morgan fingerprint density at radius 3 is 2.15 bits per heavy atom. The van der Waals surface area contributed by atoms with Gasteiger partial charge >= 0.3 is 5.97 Å². The van der Waals surface area contributed by atoms with E-state index in [9.17, 15) is 29.4 Å². The Bertz CT molecular complexity index is 1340. The van der Waals surface area contributed by atoms with Crippen molar-refractivity contribution in [3.8, 4) is 5.75 Å². The Labute approximate surface area is 231 Å². The molecule has 12 heteroatoms. The maximum Gasteiger partial charge on any atom is 0.328 e. The number of aliphatic carboxylic acids is 1. The Morgan fingerprint density at radius 2 is 1.52 bits per heavy atom. The highest BCUT2D eigenvalue weighted by Gasteiger charge is 2.32. The quantitative estimate of drug-likeness (QED) is 0.146. The smallest absolute Gasteiger partial charge is 0.328 e. The zero-order valence-corrected chi connectivity index (χ0v) is 22.3. The van der Waals surface area contributed by atoms with Gasteiger partial charge in [-0.1, -0.05) is 44.2 Å². The molecule has 0 aliphatic heterocycles. The summed E-state index contributed by atoms with van der Waals surface area (Å²) >= 11 is 0. The summed E-state index contributed by atoms with van der Waals surface area (Å²) in [4.78, 5) is 53.7. The van der Waals surface area contributed by atoms with Gasteiger partial charge in [-0.05, 0) is 41.7 Å². The number of nitrogens with one attached hydrogen (secondary N) is 4. The molecule has 214 valence electrons. The molecule has 0 bridgehead atoms. The normalized spacial score (nSPS) is 14.2. The minimum absolute atomic E-state index is 0.0263. The summed E-state index contributed by atoms with van der Waals surface area (Å²) in [6.45, 7) is 2.49. The molecule has 0 radical (unpaired) electrons. The number of rotatable bonds is 13. The van der Waals surface area contributed by atoms with Crippen LogP contribution in [0.25, 0.3) is 10.9 Å². The van der Waals surface area contributed by atoms with Crippen molar-refractivity contribution in [3.05, 3.63) is 65.9 Å². The van der Waals surface area contributed by atoms with Crippen LogP contribution in [0.15, 0.2) is 54.7 Å². The number of carboxylic acid groups (broad SMARTS) is 1. The lowest BCUT2D eigenvalue weighted by molar-refractivity contribution is -0.143. The second-order valence-electron chi connectivity index (χ2n) is 9.91. The lowest BCUT2D eigenvalue weighted by Gasteiger charge is -2.27. The molecule has 0 saturated heterocycles. The number of phenolic OH excluding ortho intramolecular Hbond substituents is 1. The van der Waals surface area contributed by atoms with E-state index < -0.39 is 60.4 Å². The zero-order valence-electron chi connectivity index (χ0n) is 22.3.